The average Bonchev–Trinajstić information content (AvgIpc) is 2.86. The third kappa shape index (κ3) is 9.70. The number of nitrogens with zero attached hydrogens (tertiary/aromatic N) is 2. The minimum atomic E-state index is -3.80. The maximum atomic E-state index is 12.3. The van der Waals surface area contributed by atoms with E-state index in [-0.39, 0.29) is 28.2 Å². The lowest BCUT2D eigenvalue weighted by molar-refractivity contribution is -0.123. The number of halogens is 2. The van der Waals surface area contributed by atoms with Gasteiger partial charge >= 0.3 is 0 Å². The number of hydrazone groups is 1. The van der Waals surface area contributed by atoms with Gasteiger partial charge in [0.2, 0.25) is 10.0 Å². The zero-order chi connectivity index (χ0) is 27.5. The Balaban J connectivity index is 1.45. The van der Waals surface area contributed by atoms with Crippen molar-refractivity contribution in [2.24, 2.45) is 5.10 Å². The Morgan fingerprint density at radius 1 is 0.974 bits per heavy atom. The highest BCUT2D eigenvalue weighted by Crippen LogP contribution is 2.26. The molecule has 0 fully saturated rings. The van der Waals surface area contributed by atoms with Crippen molar-refractivity contribution in [1.82, 2.24) is 10.7 Å². The van der Waals surface area contributed by atoms with Crippen LogP contribution in [0.1, 0.15) is 11.1 Å². The van der Waals surface area contributed by atoms with Crippen LogP contribution in [0.3, 0.4) is 0 Å². The number of sulfonamides is 1. The average molecular weight is 577 g/mol. The minimum absolute atomic E-state index is 0.118. The Kier molecular flexibility index (Phi) is 10.5. The molecule has 3 aromatic rings. The topological polar surface area (TPSA) is 117 Å². The summed E-state index contributed by atoms with van der Waals surface area (Å²) in [4.78, 5) is 24.3. The summed E-state index contributed by atoms with van der Waals surface area (Å²) in [6, 6.07) is 20.8. The fourth-order valence-electron chi connectivity index (χ4n) is 3.27. The Labute approximate surface area is 231 Å². The van der Waals surface area contributed by atoms with Crippen LogP contribution in [0.4, 0.5) is 5.69 Å². The van der Waals surface area contributed by atoms with Crippen molar-refractivity contribution in [2.45, 2.75) is 6.42 Å². The highest BCUT2D eigenvalue weighted by molar-refractivity contribution is 7.92. The molecule has 0 aliphatic rings. The first kappa shape index (κ1) is 29.0. The first-order chi connectivity index (χ1) is 18.1. The van der Waals surface area contributed by atoms with E-state index in [1.807, 2.05) is 30.3 Å². The normalized spacial score (nSPS) is 11.2. The van der Waals surface area contributed by atoms with Crippen LogP contribution in [0.15, 0.2) is 77.9 Å². The number of amides is 2. The van der Waals surface area contributed by atoms with Crippen molar-refractivity contribution < 1.29 is 22.7 Å². The van der Waals surface area contributed by atoms with Gasteiger partial charge in [-0.15, -0.1) is 0 Å². The van der Waals surface area contributed by atoms with Gasteiger partial charge in [-0.2, -0.15) is 5.10 Å². The van der Waals surface area contributed by atoms with Gasteiger partial charge in [-0.25, -0.2) is 13.8 Å². The molecule has 0 aliphatic heterocycles. The van der Waals surface area contributed by atoms with Crippen molar-refractivity contribution in [1.29, 1.82) is 0 Å². The highest BCUT2D eigenvalue weighted by atomic mass is 35.5. The summed E-state index contributed by atoms with van der Waals surface area (Å²) in [7, 11) is -3.80. The second kappa shape index (κ2) is 13.8. The smallest absolute Gasteiger partial charge is 0.260 e. The predicted octanol–water partition coefficient (Wildman–Crippen LogP) is 3.65. The third-order valence-corrected chi connectivity index (χ3v) is 6.63. The van der Waals surface area contributed by atoms with E-state index in [0.717, 1.165) is 22.5 Å². The molecule has 0 unspecified atom stereocenters. The van der Waals surface area contributed by atoms with Crippen LogP contribution < -0.4 is 19.8 Å². The first-order valence-electron chi connectivity index (χ1n) is 11.4. The molecule has 200 valence electrons. The molecule has 0 aliphatic carbocycles. The molecule has 9 nitrogen and oxygen atoms in total. The highest BCUT2D eigenvalue weighted by Gasteiger charge is 2.21. The van der Waals surface area contributed by atoms with E-state index in [0.29, 0.717) is 17.9 Å². The summed E-state index contributed by atoms with van der Waals surface area (Å²) < 4.78 is 30.8. The molecule has 2 amide bonds. The Morgan fingerprint density at radius 2 is 1.63 bits per heavy atom. The maximum Gasteiger partial charge on any atom is 0.260 e. The lowest BCUT2D eigenvalue weighted by Gasteiger charge is -2.21. The molecule has 0 atom stereocenters. The van der Waals surface area contributed by atoms with E-state index < -0.39 is 22.5 Å². The summed E-state index contributed by atoms with van der Waals surface area (Å²) in [5.41, 5.74) is 4.23. The molecule has 0 heterocycles. The van der Waals surface area contributed by atoms with Gasteiger partial charge in [-0.3, -0.25) is 13.9 Å². The quantitative estimate of drug-likeness (QED) is 0.252. The first-order valence-corrected chi connectivity index (χ1v) is 14.0. The van der Waals surface area contributed by atoms with Gasteiger partial charge in [0.25, 0.3) is 11.8 Å². The molecule has 2 N–H and O–H groups in total. The molecule has 0 saturated carbocycles. The zero-order valence-corrected chi connectivity index (χ0v) is 22.8. The molecule has 12 heteroatoms. The number of carbonyl (C=O) groups excluding carboxylic acids is 2. The second-order valence-electron chi connectivity index (χ2n) is 8.13. The van der Waals surface area contributed by atoms with Gasteiger partial charge in [0.05, 0.1) is 18.2 Å². The largest absolute Gasteiger partial charge is 0.484 e. The molecule has 3 aromatic carbocycles. The summed E-state index contributed by atoms with van der Waals surface area (Å²) in [5.74, 6) is -0.396. The molecule has 0 spiro atoms. The number of rotatable bonds is 12. The number of hydrogen-bond acceptors (Lipinski definition) is 6. The van der Waals surface area contributed by atoms with E-state index >= 15 is 0 Å². The molecule has 3 rings (SSSR count). The van der Waals surface area contributed by atoms with E-state index in [4.69, 9.17) is 27.9 Å². The standard InChI is InChI=1S/C26H26Cl2N4O5S/c1-38(35,36)32(23-14-21(27)13-22(28)15-23)17-25(33)31-30-16-20-7-9-24(10-8-20)37-18-26(34)29-12-11-19-5-3-2-4-6-19/h2-10,13-16H,11-12,17-18H2,1H3,(H,29,34)(H,31,33)/b30-16-. The number of carbonyl (C=O) groups is 2. The fourth-order valence-corrected chi connectivity index (χ4v) is 4.62. The van der Waals surface area contributed by atoms with Crippen molar-refractivity contribution in [3.05, 3.63) is 94.0 Å². The number of nitrogens with one attached hydrogen (secondary N) is 2. The van der Waals surface area contributed by atoms with Gasteiger partial charge in [-0.05, 0) is 60.0 Å². The zero-order valence-electron chi connectivity index (χ0n) is 20.4. The van der Waals surface area contributed by atoms with E-state index in [1.165, 1.54) is 24.4 Å². The molecule has 0 bridgehead atoms. The molecule has 38 heavy (non-hydrogen) atoms. The minimum Gasteiger partial charge on any atom is -0.484 e. The summed E-state index contributed by atoms with van der Waals surface area (Å²) >= 11 is 11.9. The van der Waals surface area contributed by atoms with Gasteiger partial charge in [0.1, 0.15) is 12.3 Å². The molecule has 0 saturated heterocycles. The summed E-state index contributed by atoms with van der Waals surface area (Å²) in [5, 5.41) is 7.14. The Morgan fingerprint density at radius 3 is 2.26 bits per heavy atom. The monoisotopic (exact) mass is 576 g/mol. The van der Waals surface area contributed by atoms with Crippen LogP contribution in [0, 0.1) is 0 Å². The number of ether oxygens (including phenoxy) is 1. The lowest BCUT2D eigenvalue weighted by atomic mass is 10.1. The van der Waals surface area contributed by atoms with Crippen molar-refractivity contribution in [3.63, 3.8) is 0 Å². The van der Waals surface area contributed by atoms with Crippen LogP contribution in [0.5, 0.6) is 5.75 Å². The van der Waals surface area contributed by atoms with Gasteiger partial charge in [-0.1, -0.05) is 53.5 Å². The van der Waals surface area contributed by atoms with Crippen LogP contribution in [-0.2, 0) is 26.0 Å². The van der Waals surface area contributed by atoms with Gasteiger partial charge < -0.3 is 10.1 Å². The number of anilines is 1. The number of benzene rings is 3. The molecular formula is C26H26Cl2N4O5S. The van der Waals surface area contributed by atoms with Crippen LogP contribution in [0.25, 0.3) is 0 Å². The van der Waals surface area contributed by atoms with Crippen molar-refractivity contribution in [3.8, 4) is 5.75 Å². The van der Waals surface area contributed by atoms with E-state index in [9.17, 15) is 18.0 Å². The van der Waals surface area contributed by atoms with E-state index in [1.54, 1.807) is 24.3 Å². The van der Waals surface area contributed by atoms with Crippen molar-refractivity contribution >= 4 is 56.9 Å². The van der Waals surface area contributed by atoms with Gasteiger partial charge in [0.15, 0.2) is 6.61 Å². The van der Waals surface area contributed by atoms with Crippen LogP contribution in [0.2, 0.25) is 10.0 Å². The molecule has 0 radical (unpaired) electrons. The molecular weight excluding hydrogens is 551 g/mol. The van der Waals surface area contributed by atoms with E-state index in [2.05, 4.69) is 15.8 Å². The lowest BCUT2D eigenvalue weighted by Crippen LogP contribution is -2.39. The fraction of sp³-hybridized carbons (Fsp3) is 0.192. The van der Waals surface area contributed by atoms with Crippen LogP contribution in [-0.4, -0.2) is 52.4 Å². The Bertz CT molecular complexity index is 1360. The summed E-state index contributed by atoms with van der Waals surface area (Å²) in [6.07, 6.45) is 3.09. The second-order valence-corrected chi connectivity index (χ2v) is 10.9. The summed E-state index contributed by atoms with van der Waals surface area (Å²) in [6.45, 7) is -0.123. The predicted molar refractivity (Wildman–Crippen MR) is 149 cm³/mol. The van der Waals surface area contributed by atoms with Crippen molar-refractivity contribution in [2.75, 3.05) is 30.3 Å². The van der Waals surface area contributed by atoms with Crippen LogP contribution >= 0.6 is 23.2 Å². The Hall–Kier alpha value is -3.60. The third-order valence-electron chi connectivity index (χ3n) is 5.05. The SMILES string of the molecule is CS(=O)(=O)N(CC(=O)N/N=C\c1ccc(OCC(=O)NCCc2ccccc2)cc1)c1cc(Cl)cc(Cl)c1. The van der Waals surface area contributed by atoms with Gasteiger partial charge in [0, 0.05) is 16.6 Å². The molecule has 0 aromatic heterocycles. The maximum absolute atomic E-state index is 12.3. The number of hydrogen-bond donors (Lipinski definition) is 2.